The Balaban J connectivity index is 3.65. The van der Waals surface area contributed by atoms with Gasteiger partial charge in [-0.2, -0.15) is 0 Å². The smallest absolute Gasteiger partial charge is 0.466 e. The summed E-state index contributed by atoms with van der Waals surface area (Å²) in [5, 5.41) is 0. The van der Waals surface area contributed by atoms with Crippen molar-refractivity contribution >= 4 is 14.8 Å². The Bertz CT molecular complexity index is 145. The van der Waals surface area contributed by atoms with E-state index < -0.39 is 8.80 Å². The van der Waals surface area contributed by atoms with Gasteiger partial charge in [0.15, 0.2) is 0 Å². The molecule has 0 heterocycles. The first-order valence-electron chi connectivity index (χ1n) is 3.50. The topological polar surface area (TPSA) is 65.0 Å². The van der Waals surface area contributed by atoms with Crippen molar-refractivity contribution in [3.63, 3.8) is 0 Å². The van der Waals surface area contributed by atoms with E-state index in [0.717, 1.165) is 0 Å². The minimum Gasteiger partial charge on any atom is -0.466 e. The number of esters is 1. The summed E-state index contributed by atoms with van der Waals surface area (Å²) >= 11 is 0. The van der Waals surface area contributed by atoms with Crippen LogP contribution in [0.5, 0.6) is 0 Å². The van der Waals surface area contributed by atoms with Crippen molar-refractivity contribution in [3.05, 3.63) is 0 Å². The molecule has 0 amide bonds. The van der Waals surface area contributed by atoms with E-state index in [9.17, 15) is 9.59 Å². The summed E-state index contributed by atoms with van der Waals surface area (Å²) < 4.78 is 14.1. The van der Waals surface area contributed by atoms with E-state index in [2.05, 4.69) is 4.74 Å². The molecule has 0 rings (SSSR count). The third-order valence-electron chi connectivity index (χ3n) is 1.36. The van der Waals surface area contributed by atoms with Gasteiger partial charge in [-0.25, -0.2) is 0 Å². The fraction of sp³-hybridized carbons (Fsp3) is 0.833. The van der Waals surface area contributed by atoms with Crippen LogP contribution in [0.2, 0.25) is 6.04 Å². The van der Waals surface area contributed by atoms with E-state index in [4.69, 9.17) is 8.85 Å². The lowest BCUT2D eigenvalue weighted by Gasteiger charge is -2.18. The molecule has 0 saturated carbocycles. The van der Waals surface area contributed by atoms with Gasteiger partial charge in [0.2, 0.25) is 0 Å². The summed E-state index contributed by atoms with van der Waals surface area (Å²) in [6, 6.07) is 0.222. The molecular formula is C6H14O5Si. The number of carbonyl (C=O) groups excluding carboxylic acids is 1. The van der Waals surface area contributed by atoms with E-state index in [-0.39, 0.29) is 18.6 Å². The molecule has 0 aromatic heterocycles. The van der Waals surface area contributed by atoms with Gasteiger partial charge in [0, 0.05) is 21.1 Å². The Labute approximate surface area is 72.6 Å². The molecule has 0 aliphatic rings. The van der Waals surface area contributed by atoms with E-state index >= 15 is 0 Å². The third kappa shape index (κ3) is 4.45. The number of carbonyl (C=O) groups is 1. The number of hydrogen-bond donors (Lipinski definition) is 1. The van der Waals surface area contributed by atoms with Gasteiger partial charge in [0.05, 0.1) is 12.7 Å². The van der Waals surface area contributed by atoms with Gasteiger partial charge in [-0.15, -0.1) is 0 Å². The first-order valence-corrected chi connectivity index (χ1v) is 5.47. The second-order valence-corrected chi connectivity index (χ2v) is 4.95. The van der Waals surface area contributed by atoms with E-state index in [0.29, 0.717) is 0 Å². The molecule has 0 spiro atoms. The van der Waals surface area contributed by atoms with Gasteiger partial charge in [-0.05, 0) is 0 Å². The van der Waals surface area contributed by atoms with Crippen LogP contribution in [-0.4, -0.2) is 40.4 Å². The van der Waals surface area contributed by atoms with Gasteiger partial charge in [0.25, 0.3) is 0 Å². The lowest BCUT2D eigenvalue weighted by molar-refractivity contribution is -0.140. The van der Waals surface area contributed by atoms with Crippen LogP contribution in [-0.2, 0) is 18.4 Å². The summed E-state index contributed by atoms with van der Waals surface area (Å²) in [4.78, 5) is 19.8. The summed E-state index contributed by atoms with van der Waals surface area (Å²) in [7, 11) is -0.312. The normalized spacial score (nSPS) is 11.3. The minimum absolute atomic E-state index is 0.125. The second-order valence-electron chi connectivity index (χ2n) is 2.21. The monoisotopic (exact) mass is 194 g/mol. The molecule has 6 heteroatoms. The largest absolute Gasteiger partial charge is 0.501 e. The Kier molecular flexibility index (Phi) is 5.06. The molecule has 0 aromatic carbocycles. The Morgan fingerprint density at radius 1 is 1.42 bits per heavy atom. The van der Waals surface area contributed by atoms with Crippen molar-refractivity contribution in [2.75, 3.05) is 20.8 Å². The molecule has 12 heavy (non-hydrogen) atoms. The third-order valence-corrected chi connectivity index (χ3v) is 3.47. The molecule has 0 fully saturated rings. The van der Waals surface area contributed by atoms with Crippen LogP contribution < -0.4 is 0 Å². The Morgan fingerprint density at radius 3 is 2.25 bits per heavy atom. The summed E-state index contributed by atoms with van der Waals surface area (Å²) in [6.45, 7) is 1.43. The summed E-state index contributed by atoms with van der Waals surface area (Å²) in [5.74, 6) is -0.376. The molecule has 0 atom stereocenters. The van der Waals surface area contributed by atoms with Gasteiger partial charge < -0.3 is 18.4 Å². The first-order chi connectivity index (χ1) is 5.54. The van der Waals surface area contributed by atoms with Crippen LogP contribution in [0.3, 0.4) is 0 Å². The van der Waals surface area contributed by atoms with Gasteiger partial charge in [-0.3, -0.25) is 4.79 Å². The average molecular weight is 194 g/mol. The number of rotatable bonds is 5. The second kappa shape index (κ2) is 5.25. The van der Waals surface area contributed by atoms with E-state index in [1.165, 1.54) is 21.1 Å². The van der Waals surface area contributed by atoms with Crippen LogP contribution in [0.25, 0.3) is 0 Å². The lowest BCUT2D eigenvalue weighted by atomic mass is 10.8. The fourth-order valence-corrected chi connectivity index (χ4v) is 1.55. The van der Waals surface area contributed by atoms with Crippen LogP contribution in [0.15, 0.2) is 0 Å². The van der Waals surface area contributed by atoms with Crippen LogP contribution in [0, 0.1) is 0 Å². The maximum absolute atomic E-state index is 10.3. The van der Waals surface area contributed by atoms with E-state index in [1.54, 1.807) is 0 Å². The molecule has 0 bridgehead atoms. The Morgan fingerprint density at radius 2 is 1.92 bits per heavy atom. The average Bonchev–Trinajstić information content (AvgIpc) is 2.03. The summed E-state index contributed by atoms with van der Waals surface area (Å²) in [5.41, 5.74) is 0. The van der Waals surface area contributed by atoms with Gasteiger partial charge in [-0.1, -0.05) is 0 Å². The molecule has 72 valence electrons. The Hall–Kier alpha value is -0.433. The lowest BCUT2D eigenvalue weighted by Crippen LogP contribution is -2.41. The maximum Gasteiger partial charge on any atom is 0.501 e. The van der Waals surface area contributed by atoms with Crippen molar-refractivity contribution in [3.8, 4) is 0 Å². The van der Waals surface area contributed by atoms with Crippen LogP contribution in [0.1, 0.15) is 6.92 Å². The molecule has 0 radical (unpaired) electrons. The molecular weight excluding hydrogens is 180 g/mol. The summed E-state index contributed by atoms with van der Waals surface area (Å²) in [6.07, 6.45) is 0. The zero-order valence-corrected chi connectivity index (χ0v) is 8.49. The van der Waals surface area contributed by atoms with Crippen molar-refractivity contribution in [2.45, 2.75) is 13.0 Å². The first kappa shape index (κ1) is 11.6. The molecule has 0 unspecified atom stereocenters. The number of ether oxygens (including phenoxy) is 1. The molecule has 5 nitrogen and oxygen atoms in total. The standard InChI is InChI=1S/C6H14O5Si/c1-6(7)11-4-5-12(8,9-2)10-3/h8H,4-5H2,1-3H3. The highest BCUT2D eigenvalue weighted by molar-refractivity contribution is 6.59. The quantitative estimate of drug-likeness (QED) is 0.484. The highest BCUT2D eigenvalue weighted by atomic mass is 28.4. The minimum atomic E-state index is -3.04. The fourth-order valence-electron chi connectivity index (χ4n) is 0.611. The SMILES string of the molecule is CO[Si](O)(CCOC(C)=O)OC. The van der Waals surface area contributed by atoms with Crippen molar-refractivity contribution in [1.82, 2.24) is 0 Å². The number of hydrogen-bond acceptors (Lipinski definition) is 5. The highest BCUT2D eigenvalue weighted by Crippen LogP contribution is 2.06. The van der Waals surface area contributed by atoms with Crippen LogP contribution in [0.4, 0.5) is 0 Å². The predicted molar refractivity (Wildman–Crippen MR) is 43.4 cm³/mol. The van der Waals surface area contributed by atoms with Crippen LogP contribution >= 0.6 is 0 Å². The maximum atomic E-state index is 10.3. The predicted octanol–water partition coefficient (Wildman–Crippen LogP) is -0.227. The molecule has 0 aliphatic heterocycles. The van der Waals surface area contributed by atoms with Gasteiger partial charge >= 0.3 is 14.8 Å². The zero-order valence-electron chi connectivity index (χ0n) is 7.49. The van der Waals surface area contributed by atoms with Gasteiger partial charge in [0.1, 0.15) is 0 Å². The van der Waals surface area contributed by atoms with Crippen molar-refractivity contribution in [1.29, 1.82) is 0 Å². The molecule has 0 aromatic rings. The van der Waals surface area contributed by atoms with Crippen molar-refractivity contribution in [2.24, 2.45) is 0 Å². The molecule has 0 aliphatic carbocycles. The highest BCUT2D eigenvalue weighted by Gasteiger charge is 2.34. The molecule has 1 N–H and O–H groups in total. The van der Waals surface area contributed by atoms with E-state index in [1.807, 2.05) is 0 Å². The molecule has 0 saturated heterocycles. The zero-order chi connectivity index (χ0) is 9.61. The van der Waals surface area contributed by atoms with Crippen molar-refractivity contribution < 1.29 is 23.2 Å².